The van der Waals surface area contributed by atoms with Crippen LogP contribution in [0.2, 0.25) is 0 Å². The van der Waals surface area contributed by atoms with Crippen LogP contribution in [0.3, 0.4) is 0 Å². The zero-order valence-corrected chi connectivity index (χ0v) is 19.9. The van der Waals surface area contributed by atoms with Crippen molar-refractivity contribution in [2.45, 2.75) is 26.3 Å². The van der Waals surface area contributed by atoms with Gasteiger partial charge in [0.25, 0.3) is 11.7 Å². The van der Waals surface area contributed by atoms with Crippen molar-refractivity contribution in [3.63, 3.8) is 0 Å². The topological polar surface area (TPSA) is 79.3 Å². The number of aliphatic hydroxyl groups excluding tert-OH is 1. The minimum Gasteiger partial charge on any atom is -0.507 e. The van der Waals surface area contributed by atoms with Gasteiger partial charge in [-0.1, -0.05) is 12.1 Å². The van der Waals surface area contributed by atoms with Crippen molar-refractivity contribution >= 4 is 17.4 Å². The van der Waals surface area contributed by atoms with E-state index in [1.54, 1.807) is 42.3 Å². The molecule has 1 N–H and O–H groups in total. The number of amides is 1. The molecule has 176 valence electrons. The van der Waals surface area contributed by atoms with Gasteiger partial charge in [0, 0.05) is 12.1 Å². The maximum absolute atomic E-state index is 13.1. The number of ether oxygens (including phenoxy) is 2. The van der Waals surface area contributed by atoms with Gasteiger partial charge in [0.2, 0.25) is 0 Å². The van der Waals surface area contributed by atoms with Gasteiger partial charge in [0.1, 0.15) is 17.3 Å². The molecule has 33 heavy (non-hydrogen) atoms. The van der Waals surface area contributed by atoms with Crippen LogP contribution in [0.5, 0.6) is 11.5 Å². The van der Waals surface area contributed by atoms with Crippen molar-refractivity contribution in [3.8, 4) is 11.5 Å². The van der Waals surface area contributed by atoms with Crippen LogP contribution in [0.15, 0.2) is 48.0 Å². The SMILES string of the molecule is CCOc1ccc(/C(O)=C2/C(=O)C(=O)N(CCCN(C)C)C2c2cccc(OC)c2)cc1C. The number of likely N-dealkylation sites (tertiary alicyclic amines) is 1. The van der Waals surface area contributed by atoms with E-state index in [2.05, 4.69) is 0 Å². The number of carbonyl (C=O) groups is 2. The second-order valence-electron chi connectivity index (χ2n) is 8.34. The predicted octanol–water partition coefficient (Wildman–Crippen LogP) is 3.78. The molecule has 1 unspecified atom stereocenters. The summed E-state index contributed by atoms with van der Waals surface area (Å²) < 4.78 is 10.9. The van der Waals surface area contributed by atoms with Gasteiger partial charge in [-0.05, 0) is 82.4 Å². The summed E-state index contributed by atoms with van der Waals surface area (Å²) in [5, 5.41) is 11.2. The normalized spacial score (nSPS) is 17.6. The van der Waals surface area contributed by atoms with Crippen LogP contribution in [0.25, 0.3) is 5.76 Å². The number of rotatable bonds is 9. The molecule has 7 heteroatoms. The maximum Gasteiger partial charge on any atom is 0.295 e. The van der Waals surface area contributed by atoms with Crippen LogP contribution in [0.1, 0.15) is 36.1 Å². The minimum absolute atomic E-state index is 0.0849. The first-order valence-electron chi connectivity index (χ1n) is 11.1. The Labute approximate surface area is 195 Å². The Morgan fingerprint density at radius 1 is 1.15 bits per heavy atom. The zero-order chi connectivity index (χ0) is 24.1. The smallest absolute Gasteiger partial charge is 0.295 e. The Bertz CT molecular complexity index is 1060. The molecule has 0 radical (unpaired) electrons. The third kappa shape index (κ3) is 5.20. The number of Topliss-reactive ketones (excluding diaryl/α,β-unsaturated/α-hetero) is 1. The Balaban J connectivity index is 2.10. The van der Waals surface area contributed by atoms with Gasteiger partial charge in [-0.25, -0.2) is 0 Å². The molecule has 1 aliphatic rings. The summed E-state index contributed by atoms with van der Waals surface area (Å²) in [6, 6.07) is 11.8. The summed E-state index contributed by atoms with van der Waals surface area (Å²) in [7, 11) is 5.49. The van der Waals surface area contributed by atoms with Crippen molar-refractivity contribution in [3.05, 3.63) is 64.7 Å². The average Bonchev–Trinajstić information content (AvgIpc) is 3.05. The Morgan fingerprint density at radius 3 is 2.55 bits per heavy atom. The zero-order valence-electron chi connectivity index (χ0n) is 19.9. The molecule has 2 aromatic rings. The lowest BCUT2D eigenvalue weighted by atomic mass is 9.94. The molecular weight excluding hydrogens is 420 g/mol. The lowest BCUT2D eigenvalue weighted by Gasteiger charge is -2.26. The predicted molar refractivity (Wildman–Crippen MR) is 128 cm³/mol. The van der Waals surface area contributed by atoms with Crippen molar-refractivity contribution in [1.29, 1.82) is 0 Å². The van der Waals surface area contributed by atoms with E-state index in [0.29, 0.717) is 42.2 Å². The lowest BCUT2D eigenvalue weighted by Crippen LogP contribution is -2.32. The van der Waals surface area contributed by atoms with Gasteiger partial charge in [-0.3, -0.25) is 9.59 Å². The first-order chi connectivity index (χ1) is 15.8. The monoisotopic (exact) mass is 452 g/mol. The Morgan fingerprint density at radius 2 is 1.91 bits per heavy atom. The molecule has 1 amide bonds. The summed E-state index contributed by atoms with van der Waals surface area (Å²) in [4.78, 5) is 29.8. The number of methoxy groups -OCH3 is 1. The summed E-state index contributed by atoms with van der Waals surface area (Å²) in [6.07, 6.45) is 0.697. The molecule has 0 aliphatic carbocycles. The largest absolute Gasteiger partial charge is 0.507 e. The van der Waals surface area contributed by atoms with Crippen LogP contribution >= 0.6 is 0 Å². The molecule has 1 aliphatic heterocycles. The Hall–Kier alpha value is -3.32. The molecule has 0 spiro atoms. The highest BCUT2D eigenvalue weighted by Gasteiger charge is 2.45. The van der Waals surface area contributed by atoms with Crippen LogP contribution in [-0.4, -0.2) is 67.5 Å². The number of nitrogens with zero attached hydrogens (tertiary/aromatic N) is 2. The quantitative estimate of drug-likeness (QED) is 0.354. The molecule has 2 aromatic carbocycles. The average molecular weight is 453 g/mol. The van der Waals surface area contributed by atoms with Gasteiger partial charge in [-0.15, -0.1) is 0 Å². The van der Waals surface area contributed by atoms with Crippen LogP contribution in [0.4, 0.5) is 0 Å². The van der Waals surface area contributed by atoms with Crippen molar-refractivity contribution < 1.29 is 24.2 Å². The molecule has 1 fully saturated rings. The molecule has 0 bridgehead atoms. The summed E-state index contributed by atoms with van der Waals surface area (Å²) >= 11 is 0. The fourth-order valence-corrected chi connectivity index (χ4v) is 4.10. The number of aryl methyl sites for hydroxylation is 1. The highest BCUT2D eigenvalue weighted by molar-refractivity contribution is 6.46. The number of hydrogen-bond acceptors (Lipinski definition) is 6. The first kappa shape index (κ1) is 24.3. The first-order valence-corrected chi connectivity index (χ1v) is 11.1. The second-order valence-corrected chi connectivity index (χ2v) is 8.34. The third-order valence-corrected chi connectivity index (χ3v) is 5.70. The molecule has 1 heterocycles. The molecule has 0 saturated carbocycles. The van der Waals surface area contributed by atoms with Crippen molar-refractivity contribution in [1.82, 2.24) is 9.80 Å². The van der Waals surface area contributed by atoms with Gasteiger partial charge >= 0.3 is 0 Å². The number of hydrogen-bond donors (Lipinski definition) is 1. The summed E-state index contributed by atoms with van der Waals surface area (Å²) in [6.45, 7) is 5.47. The van der Waals surface area contributed by atoms with E-state index in [0.717, 1.165) is 12.1 Å². The molecule has 1 atom stereocenters. The van der Waals surface area contributed by atoms with E-state index in [-0.39, 0.29) is 11.3 Å². The highest BCUT2D eigenvalue weighted by Crippen LogP contribution is 2.40. The number of aliphatic hydroxyl groups is 1. The molecular formula is C26H32N2O5. The third-order valence-electron chi connectivity index (χ3n) is 5.70. The molecule has 3 rings (SSSR count). The fraction of sp³-hybridized carbons (Fsp3) is 0.385. The van der Waals surface area contributed by atoms with Gasteiger partial charge < -0.3 is 24.4 Å². The highest BCUT2D eigenvalue weighted by atomic mass is 16.5. The fourth-order valence-electron chi connectivity index (χ4n) is 4.10. The standard InChI is InChI=1S/C26H32N2O5/c1-6-33-21-12-11-19(15-17(21)2)24(29)22-23(18-9-7-10-20(16-18)32-5)28(26(31)25(22)30)14-8-13-27(3)4/h7,9-12,15-16,23,29H,6,8,13-14H2,1-5H3/b24-22-. The minimum atomic E-state index is -0.700. The van der Waals surface area contributed by atoms with Gasteiger partial charge in [-0.2, -0.15) is 0 Å². The number of carbonyl (C=O) groups excluding carboxylic acids is 2. The maximum atomic E-state index is 13.1. The van der Waals surface area contributed by atoms with Crippen LogP contribution in [-0.2, 0) is 9.59 Å². The molecule has 1 saturated heterocycles. The van der Waals surface area contributed by atoms with Crippen LogP contribution < -0.4 is 9.47 Å². The van der Waals surface area contributed by atoms with Gasteiger partial charge in [0.05, 0.1) is 25.3 Å². The summed E-state index contributed by atoms with van der Waals surface area (Å²) in [5.74, 6) is -0.157. The second kappa shape index (κ2) is 10.5. The molecule has 0 aromatic heterocycles. The number of ketones is 1. The molecule has 7 nitrogen and oxygen atoms in total. The van der Waals surface area contributed by atoms with E-state index in [1.807, 2.05) is 45.0 Å². The van der Waals surface area contributed by atoms with E-state index in [9.17, 15) is 14.7 Å². The summed E-state index contributed by atoms with van der Waals surface area (Å²) in [5.41, 5.74) is 2.10. The van der Waals surface area contributed by atoms with E-state index in [4.69, 9.17) is 9.47 Å². The van der Waals surface area contributed by atoms with Crippen LogP contribution in [0, 0.1) is 6.92 Å². The van der Waals surface area contributed by atoms with Gasteiger partial charge in [0.15, 0.2) is 0 Å². The van der Waals surface area contributed by atoms with Crippen molar-refractivity contribution in [2.24, 2.45) is 0 Å². The van der Waals surface area contributed by atoms with Crippen molar-refractivity contribution in [2.75, 3.05) is 40.9 Å². The Kier molecular flexibility index (Phi) is 7.76. The van der Waals surface area contributed by atoms with E-state index < -0.39 is 17.7 Å². The number of benzene rings is 2. The lowest BCUT2D eigenvalue weighted by molar-refractivity contribution is -0.139. The van der Waals surface area contributed by atoms with E-state index >= 15 is 0 Å². The van der Waals surface area contributed by atoms with E-state index in [1.165, 1.54) is 0 Å².